The predicted molar refractivity (Wildman–Crippen MR) is 157 cm³/mol. The molecule has 1 heterocycles. The maximum atomic E-state index is 12.6. The minimum Gasteiger partial charge on any atom is -0.480 e. The van der Waals surface area contributed by atoms with Gasteiger partial charge in [0.25, 0.3) is 5.91 Å². The Bertz CT molecular complexity index is 1410. The Balaban J connectivity index is 1.07. The summed E-state index contributed by atoms with van der Waals surface area (Å²) in [7, 11) is 0. The van der Waals surface area contributed by atoms with Crippen LogP contribution in [0.3, 0.4) is 0 Å². The number of nitrogens with zero attached hydrogens (tertiary/aromatic N) is 1. The molecule has 41 heavy (non-hydrogen) atoms. The van der Waals surface area contributed by atoms with Gasteiger partial charge in [0.15, 0.2) is 6.61 Å². The number of hydrogen-bond donors (Lipinski definition) is 4. The molecule has 0 aliphatic heterocycles. The molecule has 1 aromatic carbocycles. The number of hydrogen-bond acceptors (Lipinski definition) is 5. The minimum atomic E-state index is -1.09. The number of carboxylic acids is 1. The van der Waals surface area contributed by atoms with Crippen molar-refractivity contribution >= 4 is 28.5 Å². The Morgan fingerprint density at radius 1 is 1.10 bits per heavy atom. The summed E-state index contributed by atoms with van der Waals surface area (Å²) in [6, 6.07) is 6.62. The summed E-state index contributed by atoms with van der Waals surface area (Å²) in [5.74, 6) is 0.291. The second-order valence-electron chi connectivity index (χ2n) is 13.6. The zero-order chi connectivity index (χ0) is 29.0. The number of carbonyl (C=O) groups is 2. The number of rotatable bonds is 7. The van der Waals surface area contributed by atoms with Crippen molar-refractivity contribution < 1.29 is 24.6 Å². The zero-order valence-corrected chi connectivity index (χ0v) is 24.4. The summed E-state index contributed by atoms with van der Waals surface area (Å²) < 4.78 is 0. The monoisotopic (exact) mass is 561 g/mol. The van der Waals surface area contributed by atoms with Crippen LogP contribution in [0, 0.1) is 28.6 Å². The number of H-pyrrole nitrogens is 1. The first-order valence-corrected chi connectivity index (χ1v) is 15.2. The second kappa shape index (κ2) is 10.3. The lowest BCUT2D eigenvalue weighted by atomic mass is 9.46. The first-order valence-electron chi connectivity index (χ1n) is 15.2. The Morgan fingerprint density at radius 3 is 2.68 bits per heavy atom. The van der Waals surface area contributed by atoms with Crippen molar-refractivity contribution in [3.8, 4) is 0 Å². The molecule has 8 nitrogen and oxygen atoms in total. The van der Waals surface area contributed by atoms with Crippen LogP contribution in [0.25, 0.3) is 10.9 Å². The lowest BCUT2D eigenvalue weighted by Crippen LogP contribution is -2.53. The van der Waals surface area contributed by atoms with Gasteiger partial charge in [0.2, 0.25) is 0 Å². The van der Waals surface area contributed by atoms with Crippen LogP contribution < -0.4 is 5.32 Å². The van der Waals surface area contributed by atoms with Crippen molar-refractivity contribution in [1.82, 2.24) is 10.3 Å². The molecule has 3 saturated carbocycles. The number of oxime groups is 1. The Morgan fingerprint density at radius 2 is 1.88 bits per heavy atom. The molecule has 6 rings (SSSR count). The number of para-hydroxylation sites is 1. The SMILES string of the molecule is C[C@]12CC/C(=N\OCC(=O)N[C@H](Cc3c[nH]c4ccccc34)C(=O)O)C=C1CC[C@@H]1[C@@H]2CC[C@@]2(C)[C@H]1CC[C@]2(C)O. The lowest BCUT2D eigenvalue weighted by Gasteiger charge is -2.59. The Hall–Kier alpha value is -3.13. The normalized spacial score (nSPS) is 36.1. The molecule has 4 aliphatic rings. The third-order valence-corrected chi connectivity index (χ3v) is 11.6. The van der Waals surface area contributed by atoms with Gasteiger partial charge in [-0.3, -0.25) is 4.79 Å². The number of aromatic amines is 1. The number of aliphatic carboxylic acids is 1. The highest BCUT2D eigenvalue weighted by molar-refractivity contribution is 5.96. The van der Waals surface area contributed by atoms with Crippen molar-refractivity contribution in [1.29, 1.82) is 0 Å². The van der Waals surface area contributed by atoms with Gasteiger partial charge in [-0.1, -0.05) is 42.8 Å². The summed E-state index contributed by atoms with van der Waals surface area (Å²) in [4.78, 5) is 33.0. The molecule has 4 aliphatic carbocycles. The predicted octanol–water partition coefficient (Wildman–Crippen LogP) is 5.37. The highest BCUT2D eigenvalue weighted by atomic mass is 16.6. The zero-order valence-electron chi connectivity index (χ0n) is 24.4. The molecule has 0 bridgehead atoms. The lowest BCUT2D eigenvalue weighted by molar-refractivity contribution is -0.142. The van der Waals surface area contributed by atoms with Gasteiger partial charge >= 0.3 is 5.97 Å². The topological polar surface area (TPSA) is 124 Å². The number of allylic oxidation sites excluding steroid dienone is 2. The molecular formula is C33H43N3O5. The fraction of sp³-hybridized carbons (Fsp3) is 0.606. The van der Waals surface area contributed by atoms with Gasteiger partial charge in [-0.2, -0.15) is 0 Å². The van der Waals surface area contributed by atoms with E-state index in [4.69, 9.17) is 4.84 Å². The van der Waals surface area contributed by atoms with E-state index in [2.05, 4.69) is 42.3 Å². The van der Waals surface area contributed by atoms with Crippen LogP contribution in [0.2, 0.25) is 0 Å². The number of benzene rings is 1. The van der Waals surface area contributed by atoms with E-state index in [1.807, 2.05) is 24.3 Å². The molecule has 220 valence electrons. The van der Waals surface area contributed by atoms with Gasteiger partial charge in [0.1, 0.15) is 6.04 Å². The summed E-state index contributed by atoms with van der Waals surface area (Å²) >= 11 is 0. The van der Waals surface area contributed by atoms with E-state index >= 15 is 0 Å². The van der Waals surface area contributed by atoms with Crippen LogP contribution in [0.5, 0.6) is 0 Å². The molecule has 1 amide bonds. The first kappa shape index (κ1) is 28.0. The van der Waals surface area contributed by atoms with Crippen molar-refractivity contribution in [2.75, 3.05) is 6.61 Å². The smallest absolute Gasteiger partial charge is 0.326 e. The molecule has 1 aromatic heterocycles. The maximum absolute atomic E-state index is 12.6. The van der Waals surface area contributed by atoms with Crippen LogP contribution >= 0.6 is 0 Å². The van der Waals surface area contributed by atoms with Crippen LogP contribution in [0.1, 0.15) is 77.7 Å². The standard InChI is InChI=1S/C33H43N3O5/c1-31-13-10-22(17-21(31)8-9-24-25(31)11-14-32(2)26(24)12-15-33(32,3)40)36-41-19-29(37)35-28(30(38)39)16-20-18-34-27-7-5-4-6-23(20)27/h4-7,17-18,24-26,28,34,40H,8-16,19H2,1-3H3,(H,35,37)(H,38,39)/b36-22+/t24-,25+,26+,28-,31+,32+,33+/m1/s1. The van der Waals surface area contributed by atoms with Gasteiger partial charge in [0, 0.05) is 23.5 Å². The molecule has 0 spiro atoms. The quantitative estimate of drug-likeness (QED) is 0.339. The molecule has 0 radical (unpaired) electrons. The van der Waals surface area contributed by atoms with Crippen LogP contribution in [0.15, 0.2) is 47.3 Å². The third-order valence-electron chi connectivity index (χ3n) is 11.6. The van der Waals surface area contributed by atoms with E-state index in [0.717, 1.165) is 73.5 Å². The van der Waals surface area contributed by atoms with Crippen LogP contribution in [-0.2, 0) is 20.8 Å². The van der Waals surface area contributed by atoms with E-state index in [-0.39, 0.29) is 23.9 Å². The number of aromatic nitrogens is 1. The number of nitrogens with one attached hydrogen (secondary N) is 2. The van der Waals surface area contributed by atoms with E-state index < -0.39 is 23.5 Å². The fourth-order valence-electron chi connectivity index (χ4n) is 9.02. The van der Waals surface area contributed by atoms with Gasteiger partial charge < -0.3 is 25.4 Å². The van der Waals surface area contributed by atoms with Crippen LogP contribution in [-0.4, -0.2) is 51.0 Å². The Labute approximate surface area is 241 Å². The molecule has 3 fully saturated rings. The number of aliphatic hydroxyl groups is 1. The van der Waals surface area contributed by atoms with Crippen molar-refractivity contribution in [3.05, 3.63) is 47.7 Å². The van der Waals surface area contributed by atoms with E-state index in [1.54, 1.807) is 6.20 Å². The summed E-state index contributed by atoms with van der Waals surface area (Å²) in [6.45, 7) is 6.48. The van der Waals surface area contributed by atoms with Gasteiger partial charge in [-0.25, -0.2) is 4.79 Å². The molecule has 8 heteroatoms. The minimum absolute atomic E-state index is 0.0243. The molecular weight excluding hydrogens is 518 g/mol. The van der Waals surface area contributed by atoms with Gasteiger partial charge in [0.05, 0.1) is 11.3 Å². The largest absolute Gasteiger partial charge is 0.480 e. The van der Waals surface area contributed by atoms with Crippen LogP contribution in [0.4, 0.5) is 0 Å². The number of carboxylic acid groups (broad SMARTS) is 1. The first-order chi connectivity index (χ1) is 19.5. The second-order valence-corrected chi connectivity index (χ2v) is 13.6. The molecule has 4 N–H and O–H groups in total. The highest BCUT2D eigenvalue weighted by Gasteiger charge is 2.62. The third kappa shape index (κ3) is 4.78. The maximum Gasteiger partial charge on any atom is 0.326 e. The molecule has 0 unspecified atom stereocenters. The summed E-state index contributed by atoms with van der Waals surface area (Å²) in [6.07, 6.45) is 12.4. The van der Waals surface area contributed by atoms with Gasteiger partial charge in [-0.05, 0) is 105 Å². The summed E-state index contributed by atoms with van der Waals surface area (Å²) in [5.41, 5.74) is 3.66. The average molecular weight is 562 g/mol. The van der Waals surface area contributed by atoms with E-state index in [1.165, 1.54) is 5.57 Å². The van der Waals surface area contributed by atoms with Gasteiger partial charge in [-0.15, -0.1) is 0 Å². The number of carbonyl (C=O) groups excluding carboxylic acids is 1. The van der Waals surface area contributed by atoms with Crippen molar-refractivity contribution in [2.24, 2.45) is 33.7 Å². The van der Waals surface area contributed by atoms with E-state index in [9.17, 15) is 19.8 Å². The van der Waals surface area contributed by atoms with Crippen molar-refractivity contribution in [3.63, 3.8) is 0 Å². The average Bonchev–Trinajstić information content (AvgIpc) is 3.45. The number of amides is 1. The summed E-state index contributed by atoms with van der Waals surface area (Å²) in [5, 5.41) is 28.7. The van der Waals surface area contributed by atoms with Crippen molar-refractivity contribution in [2.45, 2.75) is 90.2 Å². The molecule has 2 aromatic rings. The molecule has 7 atom stereocenters. The number of fused-ring (bicyclic) bond motifs is 6. The van der Waals surface area contributed by atoms with E-state index in [0.29, 0.717) is 17.8 Å². The fourth-order valence-corrected chi connectivity index (χ4v) is 9.02. The highest BCUT2D eigenvalue weighted by Crippen LogP contribution is 2.67. The molecule has 0 saturated heterocycles. The Kier molecular flexibility index (Phi) is 7.04.